The number of likely N-dealkylation sites (tertiary alicyclic amines) is 1. The van der Waals surface area contributed by atoms with Crippen LogP contribution in [0.4, 0.5) is 0 Å². The van der Waals surface area contributed by atoms with Crippen LogP contribution in [0.15, 0.2) is 54.9 Å². The number of nitrogens with two attached hydrogens (primary N) is 1. The fourth-order valence-electron chi connectivity index (χ4n) is 4.71. The van der Waals surface area contributed by atoms with E-state index in [9.17, 15) is 9.59 Å². The number of pyridine rings is 1. The van der Waals surface area contributed by atoms with Gasteiger partial charge in [-0.1, -0.05) is 24.3 Å². The minimum Gasteiger partial charge on any atom is -0.468 e. The molecule has 0 unspecified atom stereocenters. The molecule has 2 aliphatic rings. The number of hydrogen-bond donors (Lipinski definition) is 1. The van der Waals surface area contributed by atoms with E-state index in [4.69, 9.17) is 10.5 Å². The van der Waals surface area contributed by atoms with Gasteiger partial charge >= 0.3 is 0 Å². The first-order valence-corrected chi connectivity index (χ1v) is 9.78. The van der Waals surface area contributed by atoms with E-state index in [1.54, 1.807) is 4.90 Å². The lowest BCUT2D eigenvalue weighted by molar-refractivity contribution is -0.175. The van der Waals surface area contributed by atoms with Crippen LogP contribution in [0.1, 0.15) is 30.5 Å². The molecule has 3 aromatic rings. The molecule has 2 N–H and O–H groups in total. The number of carbonyl (C=O) groups is 2. The van der Waals surface area contributed by atoms with Crippen molar-refractivity contribution in [3.63, 3.8) is 0 Å². The minimum absolute atomic E-state index is 0.263. The summed E-state index contributed by atoms with van der Waals surface area (Å²) < 4.78 is 8.23. The molecule has 2 bridgehead atoms. The van der Waals surface area contributed by atoms with Gasteiger partial charge in [-0.15, -0.1) is 0 Å². The summed E-state index contributed by atoms with van der Waals surface area (Å²) in [4.78, 5) is 31.8. The van der Waals surface area contributed by atoms with Crippen molar-refractivity contribution in [1.29, 1.82) is 0 Å². The Morgan fingerprint density at radius 2 is 2.07 bits per heavy atom. The number of piperidine rings is 1. The monoisotopic (exact) mass is 390 g/mol. The second-order valence-electron chi connectivity index (χ2n) is 7.94. The third-order valence-corrected chi connectivity index (χ3v) is 6.06. The molecule has 1 saturated heterocycles. The van der Waals surface area contributed by atoms with Crippen LogP contribution in [-0.4, -0.2) is 38.4 Å². The predicted molar refractivity (Wildman–Crippen MR) is 106 cm³/mol. The van der Waals surface area contributed by atoms with Crippen molar-refractivity contribution >= 4 is 17.5 Å². The van der Waals surface area contributed by atoms with Gasteiger partial charge in [-0.2, -0.15) is 0 Å². The summed E-state index contributed by atoms with van der Waals surface area (Å²) in [5.74, 6) is -1.29. The minimum atomic E-state index is -0.880. The average molecular weight is 390 g/mol. The zero-order chi connectivity index (χ0) is 20.2. The van der Waals surface area contributed by atoms with E-state index in [1.165, 1.54) is 0 Å². The van der Waals surface area contributed by atoms with E-state index in [2.05, 4.69) is 4.98 Å². The van der Waals surface area contributed by atoms with E-state index in [1.807, 2.05) is 66.2 Å². The van der Waals surface area contributed by atoms with Crippen LogP contribution >= 0.6 is 0 Å². The van der Waals surface area contributed by atoms with Gasteiger partial charge in [-0.05, 0) is 30.7 Å². The van der Waals surface area contributed by atoms with Crippen LogP contribution in [0.5, 0.6) is 5.75 Å². The first kappa shape index (κ1) is 17.7. The maximum atomic E-state index is 13.3. The number of aromatic nitrogens is 2. The Kier molecular flexibility index (Phi) is 3.87. The number of benzene rings is 1. The van der Waals surface area contributed by atoms with E-state index < -0.39 is 17.6 Å². The molecular weight excluding hydrogens is 368 g/mol. The molecule has 7 nitrogen and oxygen atoms in total. The Hall–Kier alpha value is -3.35. The molecule has 0 saturated carbocycles. The number of para-hydroxylation sites is 1. The molecule has 2 aliphatic heterocycles. The molecule has 1 aromatic carbocycles. The summed E-state index contributed by atoms with van der Waals surface area (Å²) in [5.41, 5.74) is 7.46. The molecule has 5 rings (SSSR count). The van der Waals surface area contributed by atoms with Gasteiger partial charge in [0, 0.05) is 37.7 Å². The summed E-state index contributed by atoms with van der Waals surface area (Å²) in [6.45, 7) is 2.31. The first-order valence-electron chi connectivity index (χ1n) is 9.78. The average Bonchev–Trinajstić information content (AvgIpc) is 3.10. The Morgan fingerprint density at radius 1 is 1.28 bits per heavy atom. The van der Waals surface area contributed by atoms with Crippen molar-refractivity contribution in [3.05, 3.63) is 66.1 Å². The molecule has 0 radical (unpaired) electrons. The topological polar surface area (TPSA) is 89.9 Å². The molecule has 0 aliphatic carbocycles. The Bertz CT molecular complexity index is 1090. The van der Waals surface area contributed by atoms with Crippen LogP contribution in [0, 0.1) is 5.92 Å². The quantitative estimate of drug-likeness (QED) is 0.691. The van der Waals surface area contributed by atoms with E-state index in [-0.39, 0.29) is 11.8 Å². The lowest BCUT2D eigenvalue weighted by Gasteiger charge is -2.52. The Labute approximate surface area is 168 Å². The van der Waals surface area contributed by atoms with Crippen molar-refractivity contribution in [1.82, 2.24) is 14.3 Å². The van der Waals surface area contributed by atoms with Crippen LogP contribution < -0.4 is 10.5 Å². The largest absolute Gasteiger partial charge is 0.468 e. The summed E-state index contributed by atoms with van der Waals surface area (Å²) >= 11 is 0. The van der Waals surface area contributed by atoms with Crippen LogP contribution in [-0.2, 0) is 16.0 Å². The molecule has 1 fully saturated rings. The second kappa shape index (κ2) is 6.34. The number of hydrogen-bond acceptors (Lipinski definition) is 4. The lowest BCUT2D eigenvalue weighted by Crippen LogP contribution is -2.64. The number of rotatable bonds is 4. The number of amides is 2. The molecule has 7 heteroatoms. The summed E-state index contributed by atoms with van der Waals surface area (Å²) in [5, 5.41) is 0. The number of carbonyl (C=O) groups excluding carboxylic acids is 2. The van der Waals surface area contributed by atoms with Crippen molar-refractivity contribution in [2.24, 2.45) is 11.7 Å². The third-order valence-electron chi connectivity index (χ3n) is 6.06. The van der Waals surface area contributed by atoms with Gasteiger partial charge in [0.1, 0.15) is 17.3 Å². The molecule has 0 spiro atoms. The molecule has 4 heterocycles. The number of primary amides is 1. The molecular formula is C22H22N4O3. The van der Waals surface area contributed by atoms with Gasteiger partial charge in [-0.3, -0.25) is 9.59 Å². The summed E-state index contributed by atoms with van der Waals surface area (Å²) in [6.07, 6.45) is 4.99. The highest BCUT2D eigenvalue weighted by atomic mass is 16.5. The fraction of sp³-hybridized carbons (Fsp3) is 0.318. The highest BCUT2D eigenvalue weighted by molar-refractivity contribution is 6.01. The Morgan fingerprint density at radius 3 is 2.86 bits per heavy atom. The molecule has 29 heavy (non-hydrogen) atoms. The van der Waals surface area contributed by atoms with Crippen molar-refractivity contribution in [2.45, 2.75) is 31.4 Å². The molecule has 148 valence electrons. The number of ether oxygens (including phenoxy) is 1. The maximum Gasteiger partial charge on any atom is 0.238 e. The van der Waals surface area contributed by atoms with Gasteiger partial charge in [0.15, 0.2) is 5.72 Å². The summed E-state index contributed by atoms with van der Waals surface area (Å²) in [6, 6.07) is 13.4. The standard InChI is InChI=1S/C22H22N4O3/c1-22-12-16(15-6-2-3-7-17(15)29-22)19(20(23)27)21(28)26(22)11-9-14-13-25-10-5-4-8-18(25)24-14/h2-8,10,13,16,19H,9,11-12H2,1H3,(H2,23,27)/t16-,19+,22-/m0/s1. The predicted octanol–water partition coefficient (Wildman–Crippen LogP) is 2.10. The van der Waals surface area contributed by atoms with Crippen molar-refractivity contribution in [3.8, 4) is 5.75 Å². The summed E-state index contributed by atoms with van der Waals surface area (Å²) in [7, 11) is 0. The van der Waals surface area contributed by atoms with E-state index in [0.717, 1.165) is 16.9 Å². The van der Waals surface area contributed by atoms with Crippen molar-refractivity contribution < 1.29 is 14.3 Å². The highest BCUT2D eigenvalue weighted by Crippen LogP contribution is 2.49. The van der Waals surface area contributed by atoms with Crippen molar-refractivity contribution in [2.75, 3.05) is 6.54 Å². The normalized spacial score (nSPS) is 25.6. The Balaban J connectivity index is 1.47. The van der Waals surface area contributed by atoms with Gasteiger partial charge in [-0.25, -0.2) is 4.98 Å². The third kappa shape index (κ3) is 2.76. The van der Waals surface area contributed by atoms with Gasteiger partial charge in [0.2, 0.25) is 11.8 Å². The molecule has 3 atom stereocenters. The maximum absolute atomic E-state index is 13.3. The first-order chi connectivity index (χ1) is 14.0. The zero-order valence-corrected chi connectivity index (χ0v) is 16.1. The number of imidazole rings is 1. The van der Waals surface area contributed by atoms with Gasteiger partial charge < -0.3 is 19.8 Å². The van der Waals surface area contributed by atoms with Gasteiger partial charge in [0.05, 0.1) is 5.69 Å². The lowest BCUT2D eigenvalue weighted by atomic mass is 9.73. The SMILES string of the molecule is C[C@@]12C[C@@H](c3ccccc3O1)[C@H](C(N)=O)C(=O)N2CCc1cn2ccccc2n1. The highest BCUT2D eigenvalue weighted by Gasteiger charge is 2.55. The fourth-order valence-corrected chi connectivity index (χ4v) is 4.71. The van der Waals surface area contributed by atoms with Crippen LogP contribution in [0.3, 0.4) is 0 Å². The second-order valence-corrected chi connectivity index (χ2v) is 7.94. The van der Waals surface area contributed by atoms with Crippen LogP contribution in [0.2, 0.25) is 0 Å². The zero-order valence-electron chi connectivity index (χ0n) is 16.1. The molecule has 2 aromatic heterocycles. The van der Waals surface area contributed by atoms with Crippen LogP contribution in [0.25, 0.3) is 5.65 Å². The number of nitrogens with zero attached hydrogens (tertiary/aromatic N) is 3. The molecule has 2 amide bonds. The van der Waals surface area contributed by atoms with Gasteiger partial charge in [0.25, 0.3) is 0 Å². The van der Waals surface area contributed by atoms with E-state index in [0.29, 0.717) is 25.1 Å². The van der Waals surface area contributed by atoms with E-state index >= 15 is 0 Å². The number of fused-ring (bicyclic) bond motifs is 5. The smallest absolute Gasteiger partial charge is 0.238 e.